The van der Waals surface area contributed by atoms with E-state index in [1.54, 1.807) is 0 Å². The third kappa shape index (κ3) is 3.72. The molecule has 0 atom stereocenters. The number of rotatable bonds is 4. The molecule has 1 N–H and O–H groups in total. The Balaban J connectivity index is 1.69. The minimum atomic E-state index is -2.25. The number of nitrogens with zero attached hydrogens (tertiary/aromatic N) is 2. The zero-order chi connectivity index (χ0) is 25.4. The number of aromatic nitrogens is 1. The Bertz CT molecular complexity index is 1620. The van der Waals surface area contributed by atoms with Crippen LogP contribution in [0.1, 0.15) is 35.3 Å². The first-order chi connectivity index (χ1) is 17.4. The van der Waals surface area contributed by atoms with Gasteiger partial charge >= 0.3 is 5.30 Å². The van der Waals surface area contributed by atoms with Crippen molar-refractivity contribution in [3.63, 3.8) is 0 Å². The zero-order valence-electron chi connectivity index (χ0n) is 20.3. The molecule has 0 spiro atoms. The third-order valence-electron chi connectivity index (χ3n) is 6.54. The summed E-state index contributed by atoms with van der Waals surface area (Å²) in [5, 5.41) is 17.1. The Morgan fingerprint density at radius 1 is 0.972 bits per heavy atom. The number of fused-ring (bicyclic) bond motifs is 3. The molecule has 6 nitrogen and oxygen atoms in total. The van der Waals surface area contributed by atoms with Gasteiger partial charge in [-0.25, -0.2) is 4.79 Å². The van der Waals surface area contributed by atoms with Gasteiger partial charge in [0.25, 0.3) is 0 Å². The van der Waals surface area contributed by atoms with Crippen LogP contribution in [-0.4, -0.2) is 26.8 Å². The molecule has 0 amide bonds. The van der Waals surface area contributed by atoms with Gasteiger partial charge < -0.3 is 14.5 Å². The molecule has 1 aliphatic heterocycles. The Morgan fingerprint density at radius 2 is 1.64 bits per heavy atom. The van der Waals surface area contributed by atoms with Crippen molar-refractivity contribution in [2.45, 2.75) is 32.2 Å². The highest BCUT2D eigenvalue weighted by atomic mass is 32.3. The van der Waals surface area contributed by atoms with Gasteiger partial charge in [-0.15, -0.1) is 0 Å². The average molecular weight is 499 g/mol. The normalized spacial score (nSPS) is 15.5. The van der Waals surface area contributed by atoms with Crippen LogP contribution in [0.15, 0.2) is 93.7 Å². The Labute approximate surface area is 210 Å². The largest absolute Gasteiger partial charge is 0.408 e. The lowest BCUT2D eigenvalue weighted by atomic mass is 9.98. The molecular formula is C29H26N2O4S. The van der Waals surface area contributed by atoms with E-state index in [-0.39, 0.29) is 11.7 Å². The smallest absolute Gasteiger partial charge is 0.367 e. The number of aryl methyl sites for hydroxylation is 2. The van der Waals surface area contributed by atoms with Crippen molar-refractivity contribution in [3.8, 4) is 0 Å². The maximum atomic E-state index is 13.4. The number of ether oxygens (including phenoxy) is 1. The minimum Gasteiger partial charge on any atom is -0.408 e. The maximum Gasteiger partial charge on any atom is 0.367 e. The van der Waals surface area contributed by atoms with E-state index in [2.05, 4.69) is 16.6 Å². The fraction of sp³-hybridized carbons (Fsp3) is 0.138. The SMILES string of the molecule is CCn1c2ccc(C(=O)c3ccccc3C)cc2c2cc(S3(C(=O)OC(C)=NO)C=CC=C3)ccc21. The lowest BCUT2D eigenvalue weighted by Gasteiger charge is -2.28. The van der Waals surface area contributed by atoms with E-state index >= 15 is 0 Å². The van der Waals surface area contributed by atoms with Crippen molar-refractivity contribution in [1.29, 1.82) is 0 Å². The third-order valence-corrected chi connectivity index (χ3v) is 9.38. The molecule has 3 aromatic carbocycles. The zero-order valence-corrected chi connectivity index (χ0v) is 21.1. The number of allylic oxidation sites excluding steroid dienone is 2. The number of benzene rings is 3. The maximum absolute atomic E-state index is 13.4. The number of carbonyl (C=O) groups is 2. The van der Waals surface area contributed by atoms with Gasteiger partial charge in [-0.1, -0.05) is 51.6 Å². The summed E-state index contributed by atoms with van der Waals surface area (Å²) < 4.78 is 7.53. The molecular weight excluding hydrogens is 472 g/mol. The van der Waals surface area contributed by atoms with E-state index in [0.29, 0.717) is 11.1 Å². The molecule has 2 heterocycles. The van der Waals surface area contributed by atoms with Crippen molar-refractivity contribution < 1.29 is 19.5 Å². The number of hydrogen-bond donors (Lipinski definition) is 1. The van der Waals surface area contributed by atoms with Gasteiger partial charge in [0.1, 0.15) is 0 Å². The molecule has 0 unspecified atom stereocenters. The molecule has 5 rings (SSSR count). The van der Waals surface area contributed by atoms with Crippen molar-refractivity contribution in [3.05, 3.63) is 100 Å². The molecule has 1 aromatic heterocycles. The quantitative estimate of drug-likeness (QED) is 0.0789. The molecule has 1 aliphatic rings. The van der Waals surface area contributed by atoms with Gasteiger partial charge in [0, 0.05) is 51.3 Å². The topological polar surface area (TPSA) is 80.9 Å². The number of carbonyl (C=O) groups excluding carboxylic acids is 2. The first-order valence-electron chi connectivity index (χ1n) is 11.6. The molecule has 4 aromatic rings. The fourth-order valence-corrected chi connectivity index (χ4v) is 7.08. The van der Waals surface area contributed by atoms with Crippen molar-refractivity contribution in [1.82, 2.24) is 4.57 Å². The summed E-state index contributed by atoms with van der Waals surface area (Å²) >= 11 is 0. The van der Waals surface area contributed by atoms with Crippen molar-refractivity contribution in [2.24, 2.45) is 5.16 Å². The first-order valence-corrected chi connectivity index (χ1v) is 13.4. The highest BCUT2D eigenvalue weighted by Crippen LogP contribution is 2.62. The monoisotopic (exact) mass is 498 g/mol. The highest BCUT2D eigenvalue weighted by Gasteiger charge is 2.34. The predicted octanol–water partition coefficient (Wildman–Crippen LogP) is 7.50. The molecule has 0 aliphatic carbocycles. The Hall–Kier alpha value is -4.10. The molecule has 0 bridgehead atoms. The molecule has 7 heteroatoms. The lowest BCUT2D eigenvalue weighted by molar-refractivity contribution is 0.103. The van der Waals surface area contributed by atoms with Crippen LogP contribution in [-0.2, 0) is 11.3 Å². The Kier molecular flexibility index (Phi) is 6.02. The van der Waals surface area contributed by atoms with Crippen LogP contribution in [0.3, 0.4) is 0 Å². The van der Waals surface area contributed by atoms with Crippen LogP contribution >= 0.6 is 10.0 Å². The summed E-state index contributed by atoms with van der Waals surface area (Å²) in [6.45, 7) is 6.21. The van der Waals surface area contributed by atoms with Crippen LogP contribution in [0.4, 0.5) is 4.79 Å². The summed E-state index contributed by atoms with van der Waals surface area (Å²) in [5.74, 6) is -0.127. The van der Waals surface area contributed by atoms with Crippen LogP contribution in [0.25, 0.3) is 21.8 Å². The summed E-state index contributed by atoms with van der Waals surface area (Å²) in [6, 6.07) is 19.4. The molecule has 182 valence electrons. The fourth-order valence-electron chi connectivity index (χ4n) is 4.72. The molecule has 0 saturated heterocycles. The number of oxime groups is 1. The molecule has 0 saturated carbocycles. The second-order valence-corrected chi connectivity index (χ2v) is 11.4. The standard InChI is InChI=1S/C29H26N2O4S/c1-4-31-26-13-11-21(28(32)23-10-6-5-9-19(23)2)17-24(26)25-18-22(12-14-27(25)31)36(15-7-8-16-36)29(33)35-20(3)30-34/h5-18,34H,4H2,1-3H3. The van der Waals surface area contributed by atoms with Crippen molar-refractivity contribution in [2.75, 3.05) is 0 Å². The number of ketones is 1. The molecule has 36 heavy (non-hydrogen) atoms. The van der Waals surface area contributed by atoms with Crippen molar-refractivity contribution >= 4 is 48.8 Å². The van der Waals surface area contributed by atoms with E-state index < -0.39 is 15.3 Å². The first kappa shape index (κ1) is 23.6. The van der Waals surface area contributed by atoms with Gasteiger partial charge in [0.05, 0.1) is 0 Å². The average Bonchev–Trinajstić information content (AvgIpc) is 3.51. The lowest BCUT2D eigenvalue weighted by Crippen LogP contribution is -2.13. The van der Waals surface area contributed by atoms with Crippen LogP contribution < -0.4 is 0 Å². The van der Waals surface area contributed by atoms with E-state index in [1.807, 2.05) is 90.6 Å². The Morgan fingerprint density at radius 3 is 2.31 bits per heavy atom. The van der Waals surface area contributed by atoms with Crippen LogP contribution in [0, 0.1) is 6.92 Å². The summed E-state index contributed by atoms with van der Waals surface area (Å²) in [5.41, 5.74) is 4.29. The molecule has 0 radical (unpaired) electrons. The van der Waals surface area contributed by atoms with Gasteiger partial charge in [0.15, 0.2) is 5.78 Å². The number of hydrogen-bond acceptors (Lipinski definition) is 5. The van der Waals surface area contributed by atoms with E-state index in [4.69, 9.17) is 9.94 Å². The second-order valence-electron chi connectivity index (χ2n) is 8.64. The summed E-state index contributed by atoms with van der Waals surface area (Å²) in [4.78, 5) is 27.4. The van der Waals surface area contributed by atoms with E-state index in [9.17, 15) is 9.59 Å². The van der Waals surface area contributed by atoms with E-state index in [1.165, 1.54) is 6.92 Å². The van der Waals surface area contributed by atoms with Crippen LogP contribution in [0.5, 0.6) is 0 Å². The second kappa shape index (κ2) is 9.17. The minimum absolute atomic E-state index is 0.0188. The predicted molar refractivity (Wildman–Crippen MR) is 145 cm³/mol. The van der Waals surface area contributed by atoms with E-state index in [0.717, 1.165) is 38.8 Å². The van der Waals surface area contributed by atoms with Gasteiger partial charge in [-0.05, 0) is 66.6 Å². The highest BCUT2D eigenvalue weighted by molar-refractivity contribution is 8.49. The van der Waals surface area contributed by atoms with Gasteiger partial charge in [-0.3, -0.25) is 4.79 Å². The van der Waals surface area contributed by atoms with Crippen LogP contribution in [0.2, 0.25) is 0 Å². The summed E-state index contributed by atoms with van der Waals surface area (Å²) in [7, 11) is -2.25. The summed E-state index contributed by atoms with van der Waals surface area (Å²) in [6.07, 6.45) is 3.67. The van der Waals surface area contributed by atoms with Gasteiger partial charge in [0.2, 0.25) is 5.90 Å². The van der Waals surface area contributed by atoms with Gasteiger partial charge in [-0.2, -0.15) is 0 Å². The molecule has 0 fully saturated rings.